The van der Waals surface area contributed by atoms with Crippen molar-refractivity contribution in [3.63, 3.8) is 0 Å². The standard InChI is InChI=1S/C19H17N3O3.C6H14.ClH/c23-17(24)12-22-11-16(20-13-22)19(25)21-18(14-7-3-1-4-8-14)15-9-5-2-6-10-15;1-3-5-6-4-2;/h1-11,13,18H,12H2,(H,21,25)(H,23,24);3-6H2,1-2H3;1H. The lowest BCUT2D eigenvalue weighted by molar-refractivity contribution is -0.137. The minimum atomic E-state index is -0.990. The van der Waals surface area contributed by atoms with Crippen LogP contribution in [-0.4, -0.2) is 26.5 Å². The molecule has 0 spiro atoms. The smallest absolute Gasteiger partial charge is 0.323 e. The van der Waals surface area contributed by atoms with Crippen molar-refractivity contribution in [2.24, 2.45) is 0 Å². The number of aliphatic carboxylic acids is 1. The van der Waals surface area contributed by atoms with Crippen molar-refractivity contribution in [2.45, 2.75) is 52.1 Å². The summed E-state index contributed by atoms with van der Waals surface area (Å²) in [6.45, 7) is 4.23. The molecule has 2 aromatic carbocycles. The molecule has 172 valence electrons. The summed E-state index contributed by atoms with van der Waals surface area (Å²) in [6.07, 6.45) is 8.30. The van der Waals surface area contributed by atoms with Crippen molar-refractivity contribution in [1.82, 2.24) is 14.9 Å². The van der Waals surface area contributed by atoms with Gasteiger partial charge in [0.25, 0.3) is 5.91 Å². The van der Waals surface area contributed by atoms with Crippen molar-refractivity contribution in [3.8, 4) is 0 Å². The third kappa shape index (κ3) is 8.94. The zero-order chi connectivity index (χ0) is 22.5. The van der Waals surface area contributed by atoms with E-state index in [1.54, 1.807) is 0 Å². The average Bonchev–Trinajstić information content (AvgIpc) is 3.25. The topological polar surface area (TPSA) is 84.2 Å². The number of halogens is 1. The van der Waals surface area contributed by atoms with Gasteiger partial charge in [-0.1, -0.05) is 100 Å². The van der Waals surface area contributed by atoms with Crippen LogP contribution < -0.4 is 5.32 Å². The molecule has 0 fully saturated rings. The van der Waals surface area contributed by atoms with Gasteiger partial charge >= 0.3 is 5.97 Å². The number of benzene rings is 2. The lowest BCUT2D eigenvalue weighted by Gasteiger charge is -2.19. The lowest BCUT2D eigenvalue weighted by Crippen LogP contribution is -2.29. The van der Waals surface area contributed by atoms with Gasteiger partial charge in [-0.3, -0.25) is 9.59 Å². The SMILES string of the molecule is CCCCCC.Cl.O=C(O)Cn1cnc(C(=O)NC(c2ccccc2)c2ccccc2)c1. The maximum Gasteiger partial charge on any atom is 0.323 e. The Morgan fingerprint density at radius 3 is 1.88 bits per heavy atom. The first-order valence-electron chi connectivity index (χ1n) is 10.7. The summed E-state index contributed by atoms with van der Waals surface area (Å²) < 4.78 is 1.36. The molecule has 0 radical (unpaired) electrons. The van der Waals surface area contributed by atoms with Crippen LogP contribution in [0.1, 0.15) is 67.2 Å². The largest absolute Gasteiger partial charge is 0.480 e. The second-order valence-electron chi connectivity index (χ2n) is 7.26. The molecule has 1 heterocycles. The van der Waals surface area contributed by atoms with Gasteiger partial charge < -0.3 is 15.0 Å². The van der Waals surface area contributed by atoms with E-state index in [-0.39, 0.29) is 36.6 Å². The van der Waals surface area contributed by atoms with Crippen LogP contribution in [0.15, 0.2) is 73.2 Å². The van der Waals surface area contributed by atoms with Crippen LogP contribution >= 0.6 is 12.4 Å². The highest BCUT2D eigenvalue weighted by Gasteiger charge is 2.19. The summed E-state index contributed by atoms with van der Waals surface area (Å²) >= 11 is 0. The highest BCUT2D eigenvalue weighted by Crippen LogP contribution is 2.22. The number of amides is 1. The van der Waals surface area contributed by atoms with Gasteiger partial charge in [-0.2, -0.15) is 0 Å². The van der Waals surface area contributed by atoms with Gasteiger partial charge in [0.05, 0.1) is 12.4 Å². The highest BCUT2D eigenvalue weighted by molar-refractivity contribution is 5.92. The number of carboxylic acid groups (broad SMARTS) is 1. The predicted octanol–water partition coefficient (Wildman–Crippen LogP) is 5.50. The van der Waals surface area contributed by atoms with Gasteiger partial charge in [0.15, 0.2) is 0 Å². The molecule has 1 aromatic heterocycles. The number of unbranched alkanes of at least 4 members (excludes halogenated alkanes) is 3. The molecular formula is C25H32ClN3O3. The molecule has 3 aromatic rings. The van der Waals surface area contributed by atoms with Crippen molar-refractivity contribution in [1.29, 1.82) is 0 Å². The number of carboxylic acids is 1. The molecule has 2 N–H and O–H groups in total. The summed E-state index contributed by atoms with van der Waals surface area (Å²) in [6, 6.07) is 19.0. The summed E-state index contributed by atoms with van der Waals surface area (Å²) in [4.78, 5) is 27.3. The van der Waals surface area contributed by atoms with E-state index in [9.17, 15) is 9.59 Å². The Morgan fingerprint density at radius 2 is 1.44 bits per heavy atom. The number of carbonyl (C=O) groups excluding carboxylic acids is 1. The number of nitrogens with zero attached hydrogens (tertiary/aromatic N) is 2. The molecular weight excluding hydrogens is 426 g/mol. The Balaban J connectivity index is 0.000000648. The number of carbonyl (C=O) groups is 2. The van der Waals surface area contributed by atoms with Gasteiger partial charge in [0.2, 0.25) is 0 Å². The molecule has 0 unspecified atom stereocenters. The number of hydrogen-bond donors (Lipinski definition) is 2. The maximum atomic E-state index is 12.6. The van der Waals surface area contributed by atoms with Crippen LogP contribution in [0.4, 0.5) is 0 Å². The highest BCUT2D eigenvalue weighted by atomic mass is 35.5. The third-order valence-electron chi connectivity index (χ3n) is 4.68. The van der Waals surface area contributed by atoms with Crippen LogP contribution in [0.3, 0.4) is 0 Å². The minimum absolute atomic E-state index is 0. The van der Waals surface area contributed by atoms with Crippen LogP contribution in [0.25, 0.3) is 0 Å². The van der Waals surface area contributed by atoms with Gasteiger partial charge in [-0.05, 0) is 11.1 Å². The molecule has 0 aliphatic heterocycles. The van der Waals surface area contributed by atoms with Crippen molar-refractivity contribution < 1.29 is 14.7 Å². The molecule has 7 heteroatoms. The van der Waals surface area contributed by atoms with Gasteiger partial charge in [-0.15, -0.1) is 12.4 Å². The second kappa shape index (κ2) is 14.8. The Morgan fingerprint density at radius 1 is 0.938 bits per heavy atom. The monoisotopic (exact) mass is 457 g/mol. The molecule has 6 nitrogen and oxygen atoms in total. The van der Waals surface area contributed by atoms with Gasteiger partial charge in [-0.25, -0.2) is 4.98 Å². The van der Waals surface area contributed by atoms with E-state index in [0.29, 0.717) is 0 Å². The number of rotatable bonds is 9. The van der Waals surface area contributed by atoms with E-state index in [0.717, 1.165) is 11.1 Å². The fraction of sp³-hybridized carbons (Fsp3) is 0.320. The van der Waals surface area contributed by atoms with E-state index in [1.807, 2.05) is 60.7 Å². The molecule has 3 rings (SSSR count). The first kappa shape index (κ1) is 26.9. The van der Waals surface area contributed by atoms with E-state index in [1.165, 1.54) is 42.8 Å². The van der Waals surface area contributed by atoms with Crippen molar-refractivity contribution in [2.75, 3.05) is 0 Å². The van der Waals surface area contributed by atoms with Crippen LogP contribution in [-0.2, 0) is 11.3 Å². The first-order chi connectivity index (χ1) is 15.0. The Labute approximate surface area is 196 Å². The first-order valence-corrected chi connectivity index (χ1v) is 10.7. The molecule has 0 aliphatic carbocycles. The fourth-order valence-electron chi connectivity index (χ4n) is 3.08. The molecule has 0 saturated heterocycles. The molecule has 32 heavy (non-hydrogen) atoms. The molecule has 0 aliphatic rings. The summed E-state index contributed by atoms with van der Waals surface area (Å²) in [5.41, 5.74) is 2.08. The van der Waals surface area contributed by atoms with E-state index >= 15 is 0 Å². The summed E-state index contributed by atoms with van der Waals surface area (Å²) in [5.74, 6) is -1.35. The molecule has 0 atom stereocenters. The van der Waals surface area contributed by atoms with Crippen LogP contribution in [0.2, 0.25) is 0 Å². The minimum Gasteiger partial charge on any atom is -0.480 e. The third-order valence-corrected chi connectivity index (χ3v) is 4.68. The van der Waals surface area contributed by atoms with E-state index in [4.69, 9.17) is 5.11 Å². The lowest BCUT2D eigenvalue weighted by atomic mass is 9.98. The van der Waals surface area contributed by atoms with Gasteiger partial charge in [0.1, 0.15) is 12.2 Å². The number of imidazole rings is 1. The maximum absolute atomic E-state index is 12.6. The summed E-state index contributed by atoms with van der Waals surface area (Å²) in [5, 5.41) is 11.8. The predicted molar refractivity (Wildman–Crippen MR) is 129 cm³/mol. The Bertz CT molecular complexity index is 886. The number of hydrogen-bond acceptors (Lipinski definition) is 3. The molecule has 0 saturated carbocycles. The van der Waals surface area contributed by atoms with Gasteiger partial charge in [0, 0.05) is 6.20 Å². The van der Waals surface area contributed by atoms with Crippen molar-refractivity contribution in [3.05, 3.63) is 90.0 Å². The molecule has 1 amide bonds. The summed E-state index contributed by atoms with van der Waals surface area (Å²) in [7, 11) is 0. The quantitative estimate of drug-likeness (QED) is 0.416. The second-order valence-corrected chi connectivity index (χ2v) is 7.26. The molecule has 0 bridgehead atoms. The number of nitrogens with one attached hydrogen (secondary N) is 1. The van der Waals surface area contributed by atoms with Crippen molar-refractivity contribution >= 4 is 24.3 Å². The zero-order valence-electron chi connectivity index (χ0n) is 18.6. The Hall–Kier alpha value is -3.12. The average molecular weight is 458 g/mol. The van der Waals surface area contributed by atoms with E-state index in [2.05, 4.69) is 24.1 Å². The normalized spacial score (nSPS) is 9.97. The zero-order valence-corrected chi connectivity index (χ0v) is 19.4. The Kier molecular flexibility index (Phi) is 12.5. The van der Waals surface area contributed by atoms with E-state index < -0.39 is 5.97 Å². The number of aromatic nitrogens is 2. The van der Waals surface area contributed by atoms with Crippen LogP contribution in [0.5, 0.6) is 0 Å². The fourth-order valence-corrected chi connectivity index (χ4v) is 3.08. The van der Waals surface area contributed by atoms with Crippen LogP contribution in [0, 0.1) is 0 Å².